The Morgan fingerprint density at radius 1 is 1.46 bits per heavy atom. The van der Waals surface area contributed by atoms with Crippen molar-refractivity contribution in [2.75, 3.05) is 20.3 Å². The van der Waals surface area contributed by atoms with Crippen LogP contribution in [-0.2, 0) is 17.6 Å². The fourth-order valence-corrected chi connectivity index (χ4v) is 0.940. The molecule has 0 bridgehead atoms. The van der Waals surface area contributed by atoms with E-state index in [1.165, 1.54) is 0 Å². The number of methoxy groups -OCH3 is 1. The van der Waals surface area contributed by atoms with Crippen molar-refractivity contribution in [3.63, 3.8) is 0 Å². The smallest absolute Gasteiger partial charge is 0.226 e. The first-order valence-corrected chi connectivity index (χ1v) is 4.37. The number of aromatic nitrogens is 2. The van der Waals surface area contributed by atoms with Crippen LogP contribution in [0.25, 0.3) is 0 Å². The molecule has 0 fully saturated rings. The van der Waals surface area contributed by atoms with Crippen LogP contribution in [0.5, 0.6) is 0 Å². The highest BCUT2D eigenvalue weighted by Crippen LogP contribution is 2.00. The molecule has 1 heterocycles. The molecule has 0 aliphatic carbocycles. The topological polar surface area (TPSA) is 74.2 Å². The molecule has 5 nitrogen and oxygen atoms in total. The molecule has 1 rings (SSSR count). The van der Waals surface area contributed by atoms with E-state index in [1.54, 1.807) is 7.11 Å². The van der Waals surface area contributed by atoms with Crippen molar-refractivity contribution in [2.24, 2.45) is 5.73 Å². The van der Waals surface area contributed by atoms with Crippen LogP contribution in [0.2, 0.25) is 0 Å². The van der Waals surface area contributed by atoms with Crippen molar-refractivity contribution < 1.29 is 9.26 Å². The van der Waals surface area contributed by atoms with Crippen molar-refractivity contribution in [2.45, 2.75) is 19.3 Å². The molecule has 0 aliphatic heterocycles. The standard InChI is InChI=1S/C8H15N3O2/c1-12-6-4-7-10-8(13-11-7)3-2-5-9/h2-6,9H2,1H3. The van der Waals surface area contributed by atoms with E-state index in [9.17, 15) is 0 Å². The van der Waals surface area contributed by atoms with Crippen LogP contribution in [0.4, 0.5) is 0 Å². The lowest BCUT2D eigenvalue weighted by Crippen LogP contribution is -2.01. The van der Waals surface area contributed by atoms with Crippen molar-refractivity contribution in [1.82, 2.24) is 10.1 Å². The summed E-state index contributed by atoms with van der Waals surface area (Å²) in [5.41, 5.74) is 5.35. The van der Waals surface area contributed by atoms with Crippen LogP contribution in [0.15, 0.2) is 4.52 Å². The highest BCUT2D eigenvalue weighted by atomic mass is 16.5. The first-order chi connectivity index (χ1) is 6.36. The summed E-state index contributed by atoms with van der Waals surface area (Å²) in [7, 11) is 1.65. The average Bonchev–Trinajstić information content (AvgIpc) is 2.59. The van der Waals surface area contributed by atoms with E-state index in [4.69, 9.17) is 15.0 Å². The van der Waals surface area contributed by atoms with Gasteiger partial charge in [0.1, 0.15) is 0 Å². The molecular weight excluding hydrogens is 170 g/mol. The van der Waals surface area contributed by atoms with Gasteiger partial charge < -0.3 is 15.0 Å². The van der Waals surface area contributed by atoms with Crippen LogP contribution in [-0.4, -0.2) is 30.4 Å². The number of hydrogen-bond acceptors (Lipinski definition) is 5. The molecule has 0 aliphatic rings. The van der Waals surface area contributed by atoms with E-state index in [-0.39, 0.29) is 0 Å². The Kier molecular flexibility index (Phi) is 4.42. The Bertz CT molecular complexity index is 215. The van der Waals surface area contributed by atoms with Gasteiger partial charge in [-0.25, -0.2) is 0 Å². The van der Waals surface area contributed by atoms with E-state index in [0.717, 1.165) is 12.8 Å². The van der Waals surface area contributed by atoms with E-state index in [2.05, 4.69) is 10.1 Å². The van der Waals surface area contributed by atoms with Crippen LogP contribution in [0.1, 0.15) is 18.1 Å². The molecule has 74 valence electrons. The maximum Gasteiger partial charge on any atom is 0.226 e. The molecule has 1 aromatic heterocycles. The summed E-state index contributed by atoms with van der Waals surface area (Å²) in [6.45, 7) is 1.27. The number of rotatable bonds is 6. The molecule has 0 unspecified atom stereocenters. The summed E-state index contributed by atoms with van der Waals surface area (Å²) < 4.78 is 9.89. The van der Waals surface area contributed by atoms with Gasteiger partial charge in [-0.3, -0.25) is 0 Å². The Morgan fingerprint density at radius 2 is 2.31 bits per heavy atom. The second-order valence-corrected chi connectivity index (χ2v) is 2.74. The van der Waals surface area contributed by atoms with E-state index < -0.39 is 0 Å². The van der Waals surface area contributed by atoms with Gasteiger partial charge in [-0.15, -0.1) is 0 Å². The summed E-state index contributed by atoms with van der Waals surface area (Å²) >= 11 is 0. The first-order valence-electron chi connectivity index (χ1n) is 4.37. The largest absolute Gasteiger partial charge is 0.384 e. The summed E-state index contributed by atoms with van der Waals surface area (Å²) in [5, 5.41) is 3.80. The van der Waals surface area contributed by atoms with Gasteiger partial charge in [0.15, 0.2) is 5.82 Å². The molecule has 2 N–H and O–H groups in total. The number of nitrogens with zero attached hydrogens (tertiary/aromatic N) is 2. The van der Waals surface area contributed by atoms with E-state index >= 15 is 0 Å². The lowest BCUT2D eigenvalue weighted by molar-refractivity contribution is 0.199. The number of ether oxygens (including phenoxy) is 1. The molecule has 0 radical (unpaired) electrons. The number of hydrogen-bond donors (Lipinski definition) is 1. The van der Waals surface area contributed by atoms with Gasteiger partial charge in [-0.2, -0.15) is 4.98 Å². The molecule has 0 aromatic carbocycles. The fraction of sp³-hybridized carbons (Fsp3) is 0.750. The highest BCUT2D eigenvalue weighted by Gasteiger charge is 2.04. The maximum absolute atomic E-state index is 5.35. The van der Waals surface area contributed by atoms with Gasteiger partial charge in [0.25, 0.3) is 0 Å². The average molecular weight is 185 g/mol. The van der Waals surface area contributed by atoms with Gasteiger partial charge in [-0.05, 0) is 13.0 Å². The molecule has 1 aromatic rings. The summed E-state index contributed by atoms with van der Waals surface area (Å²) in [6.07, 6.45) is 2.34. The van der Waals surface area contributed by atoms with Crippen LogP contribution < -0.4 is 5.73 Å². The van der Waals surface area contributed by atoms with Crippen molar-refractivity contribution in [3.8, 4) is 0 Å². The SMILES string of the molecule is COCCc1noc(CCCN)n1. The Balaban J connectivity index is 2.34. The second-order valence-electron chi connectivity index (χ2n) is 2.74. The van der Waals surface area contributed by atoms with E-state index in [1.807, 2.05) is 0 Å². The molecule has 0 saturated heterocycles. The first kappa shape index (κ1) is 10.1. The van der Waals surface area contributed by atoms with Crippen molar-refractivity contribution >= 4 is 0 Å². The van der Waals surface area contributed by atoms with E-state index in [0.29, 0.717) is 31.3 Å². The monoisotopic (exact) mass is 185 g/mol. The summed E-state index contributed by atoms with van der Waals surface area (Å²) in [5.74, 6) is 1.37. The highest BCUT2D eigenvalue weighted by molar-refractivity contribution is 4.86. The Hall–Kier alpha value is -0.940. The Morgan fingerprint density at radius 3 is 3.00 bits per heavy atom. The third-order valence-corrected chi connectivity index (χ3v) is 1.63. The van der Waals surface area contributed by atoms with Gasteiger partial charge in [0.05, 0.1) is 6.61 Å². The van der Waals surface area contributed by atoms with Crippen LogP contribution in [0, 0.1) is 0 Å². The minimum atomic E-state index is 0.621. The zero-order chi connectivity index (χ0) is 9.52. The molecular formula is C8H15N3O2. The predicted molar refractivity (Wildman–Crippen MR) is 47.3 cm³/mol. The minimum Gasteiger partial charge on any atom is -0.384 e. The number of nitrogens with two attached hydrogens (primary N) is 1. The predicted octanol–water partition coefficient (Wildman–Crippen LogP) is 0.150. The molecule has 13 heavy (non-hydrogen) atoms. The third-order valence-electron chi connectivity index (χ3n) is 1.63. The molecule has 0 amide bonds. The van der Waals surface area contributed by atoms with Gasteiger partial charge in [-0.1, -0.05) is 5.16 Å². The summed E-state index contributed by atoms with van der Waals surface area (Å²) in [6, 6.07) is 0. The third kappa shape index (κ3) is 3.52. The lowest BCUT2D eigenvalue weighted by atomic mass is 10.3. The Labute approximate surface area is 77.3 Å². The second kappa shape index (κ2) is 5.66. The lowest BCUT2D eigenvalue weighted by Gasteiger charge is -1.90. The van der Waals surface area contributed by atoms with Crippen LogP contribution in [0.3, 0.4) is 0 Å². The normalized spacial score (nSPS) is 10.6. The summed E-state index contributed by atoms with van der Waals surface area (Å²) in [4.78, 5) is 4.17. The van der Waals surface area contributed by atoms with Crippen molar-refractivity contribution in [1.29, 1.82) is 0 Å². The zero-order valence-corrected chi connectivity index (χ0v) is 7.82. The maximum atomic E-state index is 5.35. The van der Waals surface area contributed by atoms with Crippen molar-refractivity contribution in [3.05, 3.63) is 11.7 Å². The molecule has 0 spiro atoms. The van der Waals surface area contributed by atoms with Gasteiger partial charge >= 0.3 is 0 Å². The van der Waals surface area contributed by atoms with Gasteiger partial charge in [0, 0.05) is 20.0 Å². The fourth-order valence-electron chi connectivity index (χ4n) is 0.940. The quantitative estimate of drug-likeness (QED) is 0.682. The molecule has 5 heteroatoms. The molecule has 0 saturated carbocycles. The number of aryl methyl sites for hydroxylation is 1. The van der Waals surface area contributed by atoms with Gasteiger partial charge in [0.2, 0.25) is 5.89 Å². The minimum absolute atomic E-state index is 0.621. The van der Waals surface area contributed by atoms with Crippen LogP contribution >= 0.6 is 0 Å². The zero-order valence-electron chi connectivity index (χ0n) is 7.82. The molecule has 0 atom stereocenters.